The van der Waals surface area contributed by atoms with E-state index in [1.165, 1.54) is 6.07 Å². The van der Waals surface area contributed by atoms with Gasteiger partial charge in [-0.1, -0.05) is 26.0 Å². The highest BCUT2D eigenvalue weighted by Gasteiger charge is 2.39. The SMILES string of the molecule is CCC(=O)c1cccc(S(=O)(=O)N2C(C)CCC2CC)c1. The zero-order valence-electron chi connectivity index (χ0n) is 12.9. The second-order valence-corrected chi connectivity index (χ2v) is 7.47. The van der Waals surface area contributed by atoms with Gasteiger partial charge < -0.3 is 0 Å². The van der Waals surface area contributed by atoms with Crippen molar-refractivity contribution in [2.24, 2.45) is 0 Å². The lowest BCUT2D eigenvalue weighted by Gasteiger charge is -2.27. The van der Waals surface area contributed by atoms with Gasteiger partial charge in [0.15, 0.2) is 5.78 Å². The lowest BCUT2D eigenvalue weighted by Crippen LogP contribution is -2.39. The van der Waals surface area contributed by atoms with Crippen molar-refractivity contribution in [2.75, 3.05) is 0 Å². The Bertz CT molecular complexity index is 624. The van der Waals surface area contributed by atoms with E-state index in [1.807, 2.05) is 13.8 Å². The smallest absolute Gasteiger partial charge is 0.243 e. The minimum Gasteiger partial charge on any atom is -0.294 e. The molecule has 21 heavy (non-hydrogen) atoms. The number of hydrogen-bond donors (Lipinski definition) is 0. The summed E-state index contributed by atoms with van der Waals surface area (Å²) in [5.41, 5.74) is 0.471. The van der Waals surface area contributed by atoms with E-state index in [9.17, 15) is 13.2 Å². The largest absolute Gasteiger partial charge is 0.294 e. The van der Waals surface area contributed by atoms with E-state index in [-0.39, 0.29) is 22.8 Å². The number of carbonyl (C=O) groups excluding carboxylic acids is 1. The number of sulfonamides is 1. The van der Waals surface area contributed by atoms with Crippen LogP contribution in [0.25, 0.3) is 0 Å². The van der Waals surface area contributed by atoms with Crippen LogP contribution in [0.15, 0.2) is 29.2 Å². The molecule has 2 unspecified atom stereocenters. The second-order valence-electron chi connectivity index (χ2n) is 5.63. The highest BCUT2D eigenvalue weighted by molar-refractivity contribution is 7.89. The fourth-order valence-corrected chi connectivity index (χ4v) is 5.02. The van der Waals surface area contributed by atoms with Crippen LogP contribution in [-0.2, 0) is 10.0 Å². The summed E-state index contributed by atoms with van der Waals surface area (Å²) in [6.45, 7) is 5.75. The quantitative estimate of drug-likeness (QED) is 0.785. The molecule has 4 nitrogen and oxygen atoms in total. The van der Waals surface area contributed by atoms with Crippen molar-refractivity contribution >= 4 is 15.8 Å². The Morgan fingerprint density at radius 3 is 2.62 bits per heavy atom. The molecule has 0 aliphatic carbocycles. The molecule has 1 aromatic rings. The minimum absolute atomic E-state index is 0.0190. The maximum absolute atomic E-state index is 12.9. The molecular weight excluding hydrogens is 286 g/mol. The monoisotopic (exact) mass is 309 g/mol. The van der Waals surface area contributed by atoms with Crippen LogP contribution < -0.4 is 0 Å². The average molecular weight is 309 g/mol. The van der Waals surface area contributed by atoms with E-state index in [0.717, 1.165) is 19.3 Å². The highest BCUT2D eigenvalue weighted by atomic mass is 32.2. The van der Waals surface area contributed by atoms with Crippen LogP contribution in [0.5, 0.6) is 0 Å². The molecule has 2 rings (SSSR count). The number of rotatable bonds is 5. The Labute approximate surface area is 127 Å². The fraction of sp³-hybridized carbons (Fsp3) is 0.562. The maximum atomic E-state index is 12.9. The lowest BCUT2D eigenvalue weighted by molar-refractivity contribution is 0.0988. The van der Waals surface area contributed by atoms with Crippen LogP contribution in [0.2, 0.25) is 0 Å². The molecule has 116 valence electrons. The summed E-state index contributed by atoms with van der Waals surface area (Å²) >= 11 is 0. The molecule has 1 aliphatic heterocycles. The summed E-state index contributed by atoms with van der Waals surface area (Å²) in [6.07, 6.45) is 2.99. The van der Waals surface area contributed by atoms with Gasteiger partial charge in [-0.05, 0) is 38.3 Å². The standard InChI is InChI=1S/C16H23NO3S/c1-4-14-10-9-12(3)17(14)21(19,20)15-8-6-7-13(11-15)16(18)5-2/h6-8,11-12,14H,4-5,9-10H2,1-3H3. The van der Waals surface area contributed by atoms with E-state index in [0.29, 0.717) is 12.0 Å². The molecule has 0 radical (unpaired) electrons. The molecule has 1 aromatic carbocycles. The molecule has 0 bridgehead atoms. The van der Waals surface area contributed by atoms with Crippen molar-refractivity contribution < 1.29 is 13.2 Å². The van der Waals surface area contributed by atoms with Gasteiger partial charge in [0.25, 0.3) is 0 Å². The van der Waals surface area contributed by atoms with E-state index >= 15 is 0 Å². The zero-order valence-corrected chi connectivity index (χ0v) is 13.7. The molecule has 0 spiro atoms. The van der Waals surface area contributed by atoms with Crippen molar-refractivity contribution in [3.63, 3.8) is 0 Å². The lowest BCUT2D eigenvalue weighted by atomic mass is 10.1. The average Bonchev–Trinajstić information content (AvgIpc) is 2.88. The highest BCUT2D eigenvalue weighted by Crippen LogP contribution is 2.32. The van der Waals surface area contributed by atoms with Gasteiger partial charge >= 0.3 is 0 Å². The Balaban J connectivity index is 2.42. The normalized spacial score (nSPS) is 23.4. The number of Topliss-reactive ketones (excluding diaryl/α,β-unsaturated/α-hetero) is 1. The third-order valence-electron chi connectivity index (χ3n) is 4.24. The Morgan fingerprint density at radius 2 is 2.00 bits per heavy atom. The number of nitrogens with zero attached hydrogens (tertiary/aromatic N) is 1. The van der Waals surface area contributed by atoms with Crippen LogP contribution in [0, 0.1) is 0 Å². The van der Waals surface area contributed by atoms with Crippen LogP contribution in [0.1, 0.15) is 56.8 Å². The summed E-state index contributed by atoms with van der Waals surface area (Å²) in [7, 11) is -3.53. The molecule has 1 heterocycles. The van der Waals surface area contributed by atoms with E-state index in [2.05, 4.69) is 0 Å². The fourth-order valence-electron chi connectivity index (χ4n) is 3.02. The molecule has 1 saturated heterocycles. The van der Waals surface area contributed by atoms with Crippen LogP contribution >= 0.6 is 0 Å². The molecule has 5 heteroatoms. The van der Waals surface area contributed by atoms with Crippen molar-refractivity contribution in [3.8, 4) is 0 Å². The molecule has 2 atom stereocenters. The van der Waals surface area contributed by atoms with E-state index in [4.69, 9.17) is 0 Å². The minimum atomic E-state index is -3.53. The number of hydrogen-bond acceptors (Lipinski definition) is 3. The van der Waals surface area contributed by atoms with Gasteiger partial charge in [-0.25, -0.2) is 8.42 Å². The first-order valence-corrected chi connectivity index (χ1v) is 9.02. The molecular formula is C16H23NO3S. The van der Waals surface area contributed by atoms with Crippen molar-refractivity contribution in [2.45, 2.75) is 63.4 Å². The topological polar surface area (TPSA) is 54.5 Å². The second kappa shape index (κ2) is 6.28. The summed E-state index contributed by atoms with van der Waals surface area (Å²) in [5, 5.41) is 0. The predicted molar refractivity (Wildman–Crippen MR) is 82.9 cm³/mol. The first kappa shape index (κ1) is 16.2. The van der Waals surface area contributed by atoms with Gasteiger partial charge in [-0.3, -0.25) is 4.79 Å². The molecule has 0 aromatic heterocycles. The number of ketones is 1. The van der Waals surface area contributed by atoms with Gasteiger partial charge in [-0.15, -0.1) is 0 Å². The van der Waals surface area contributed by atoms with Crippen LogP contribution in [0.4, 0.5) is 0 Å². The predicted octanol–water partition coefficient (Wildman–Crippen LogP) is 3.23. The number of carbonyl (C=O) groups is 1. The Hall–Kier alpha value is -1.20. The van der Waals surface area contributed by atoms with Gasteiger partial charge in [-0.2, -0.15) is 4.31 Å². The molecule has 0 N–H and O–H groups in total. The maximum Gasteiger partial charge on any atom is 0.243 e. The molecule has 0 amide bonds. The third-order valence-corrected chi connectivity index (χ3v) is 6.30. The third kappa shape index (κ3) is 3.04. The first-order valence-electron chi connectivity index (χ1n) is 7.58. The van der Waals surface area contributed by atoms with Gasteiger partial charge in [0.2, 0.25) is 10.0 Å². The van der Waals surface area contributed by atoms with Gasteiger partial charge in [0.05, 0.1) is 4.90 Å². The molecule has 1 fully saturated rings. The van der Waals surface area contributed by atoms with Gasteiger partial charge in [0, 0.05) is 24.1 Å². The summed E-state index contributed by atoms with van der Waals surface area (Å²) in [4.78, 5) is 12.0. The van der Waals surface area contributed by atoms with E-state index < -0.39 is 10.0 Å². The summed E-state index contributed by atoms with van der Waals surface area (Å²) in [5.74, 6) is -0.0337. The molecule has 0 saturated carbocycles. The van der Waals surface area contributed by atoms with E-state index in [1.54, 1.807) is 29.4 Å². The Morgan fingerprint density at radius 1 is 1.29 bits per heavy atom. The molecule has 1 aliphatic rings. The number of benzene rings is 1. The first-order chi connectivity index (χ1) is 9.91. The zero-order chi connectivity index (χ0) is 15.6. The summed E-state index contributed by atoms with van der Waals surface area (Å²) < 4.78 is 27.4. The van der Waals surface area contributed by atoms with Crippen molar-refractivity contribution in [1.82, 2.24) is 4.31 Å². The van der Waals surface area contributed by atoms with Crippen molar-refractivity contribution in [1.29, 1.82) is 0 Å². The van der Waals surface area contributed by atoms with Gasteiger partial charge in [0.1, 0.15) is 0 Å². The summed E-state index contributed by atoms with van der Waals surface area (Å²) in [6, 6.07) is 6.51. The van der Waals surface area contributed by atoms with Crippen molar-refractivity contribution in [3.05, 3.63) is 29.8 Å². The Kier molecular flexibility index (Phi) is 4.84. The van der Waals surface area contributed by atoms with Crippen LogP contribution in [0.3, 0.4) is 0 Å². The van der Waals surface area contributed by atoms with Crippen LogP contribution in [-0.4, -0.2) is 30.6 Å².